The van der Waals surface area contributed by atoms with E-state index in [0.29, 0.717) is 11.8 Å². The van der Waals surface area contributed by atoms with Crippen molar-refractivity contribution in [1.82, 2.24) is 0 Å². The van der Waals surface area contributed by atoms with E-state index < -0.39 is 8.07 Å². The molecule has 144 valence electrons. The van der Waals surface area contributed by atoms with Crippen LogP contribution in [-0.4, -0.2) is 22.2 Å². The third-order valence-corrected chi connectivity index (χ3v) is 11.3. The minimum Gasteiger partial charge on any atom is -0.378 e. The van der Waals surface area contributed by atoms with Gasteiger partial charge in [-0.3, -0.25) is 0 Å². The fourth-order valence-corrected chi connectivity index (χ4v) is 9.85. The first-order chi connectivity index (χ1) is 14.1. The van der Waals surface area contributed by atoms with Gasteiger partial charge in [0.1, 0.15) is 8.07 Å². The van der Waals surface area contributed by atoms with Gasteiger partial charge in [0.25, 0.3) is 0 Å². The van der Waals surface area contributed by atoms with Crippen molar-refractivity contribution in [3.05, 3.63) is 119 Å². The molecule has 2 unspecified atom stereocenters. The van der Waals surface area contributed by atoms with Gasteiger partial charge in [-0.15, -0.1) is 0 Å². The monoisotopic (exact) mass is 393 g/mol. The summed E-state index contributed by atoms with van der Waals surface area (Å²) in [6, 6.07) is 9.02. The van der Waals surface area contributed by atoms with E-state index in [1.54, 1.807) is 10.4 Å². The van der Waals surface area contributed by atoms with Gasteiger partial charge in [-0.25, -0.2) is 0 Å². The molecular formula is C27H27NSi. The number of nitrogens with zero attached hydrogens (tertiary/aromatic N) is 1. The second-order valence-corrected chi connectivity index (χ2v) is 12.4. The normalized spacial score (nSPS) is 25.6. The first-order valence-electron chi connectivity index (χ1n) is 10.4. The first-order valence-corrected chi connectivity index (χ1v) is 12.9. The third kappa shape index (κ3) is 2.74. The van der Waals surface area contributed by atoms with Gasteiger partial charge in [0.2, 0.25) is 0 Å². The van der Waals surface area contributed by atoms with Gasteiger partial charge >= 0.3 is 0 Å². The lowest BCUT2D eigenvalue weighted by molar-refractivity contribution is 1.01. The molecule has 4 aliphatic rings. The Bertz CT molecular complexity index is 1040. The molecule has 0 N–H and O–H groups in total. The molecule has 29 heavy (non-hydrogen) atoms. The van der Waals surface area contributed by atoms with Crippen molar-refractivity contribution in [3.63, 3.8) is 0 Å². The minimum absolute atomic E-state index is 0.418. The van der Waals surface area contributed by atoms with Gasteiger partial charge in [-0.05, 0) is 32.8 Å². The number of hydrogen-bond acceptors (Lipinski definition) is 1. The van der Waals surface area contributed by atoms with Crippen LogP contribution in [0.1, 0.15) is 0 Å². The smallest absolute Gasteiger partial charge is 0.148 e. The maximum atomic E-state index is 2.55. The molecule has 1 aromatic rings. The molecule has 5 rings (SSSR count). The summed E-state index contributed by atoms with van der Waals surface area (Å²) >= 11 is 0. The van der Waals surface area contributed by atoms with E-state index in [0.717, 1.165) is 0 Å². The Balaban J connectivity index is 1.81. The molecule has 1 aromatic carbocycles. The zero-order chi connectivity index (χ0) is 20.0. The molecule has 0 radical (unpaired) electrons. The van der Waals surface area contributed by atoms with Gasteiger partial charge in [0, 0.05) is 31.6 Å². The Morgan fingerprint density at radius 2 is 1.24 bits per heavy atom. The van der Waals surface area contributed by atoms with Crippen LogP contribution < -0.4 is 10.1 Å². The Morgan fingerprint density at radius 3 is 1.79 bits per heavy atom. The number of anilines is 1. The third-order valence-electron chi connectivity index (χ3n) is 6.69. The summed E-state index contributed by atoms with van der Waals surface area (Å²) in [5, 5.41) is 4.60. The Kier molecular flexibility index (Phi) is 4.33. The fourth-order valence-electron chi connectivity index (χ4n) is 5.21. The number of para-hydroxylation sites is 1. The summed E-state index contributed by atoms with van der Waals surface area (Å²) in [4.78, 5) is 2.27. The summed E-state index contributed by atoms with van der Waals surface area (Å²) in [6.07, 6.45) is 27.7. The minimum atomic E-state index is -2.21. The van der Waals surface area contributed by atoms with Crippen LogP contribution in [0.5, 0.6) is 0 Å². The summed E-state index contributed by atoms with van der Waals surface area (Å²) in [5.41, 5.74) is 4.30. The predicted octanol–water partition coefficient (Wildman–Crippen LogP) is 5.33. The second-order valence-electron chi connectivity index (χ2n) is 8.53. The van der Waals surface area contributed by atoms with Crippen molar-refractivity contribution < 1.29 is 0 Å². The summed E-state index contributed by atoms with van der Waals surface area (Å²) in [6.45, 7) is 2.55. The van der Waals surface area contributed by atoms with E-state index in [-0.39, 0.29) is 0 Å². The molecule has 2 heteroatoms. The van der Waals surface area contributed by atoms with Crippen molar-refractivity contribution in [1.29, 1.82) is 0 Å². The highest BCUT2D eigenvalue weighted by Crippen LogP contribution is 2.43. The first kappa shape index (κ1) is 18.2. The van der Waals surface area contributed by atoms with Crippen molar-refractivity contribution in [2.75, 3.05) is 19.0 Å². The summed E-state index contributed by atoms with van der Waals surface area (Å²) in [5.74, 6) is 0.837. The maximum Gasteiger partial charge on any atom is 0.148 e. The van der Waals surface area contributed by atoms with Crippen molar-refractivity contribution in [2.45, 2.75) is 6.55 Å². The Labute approximate surface area is 175 Å². The molecule has 0 saturated carbocycles. The molecule has 0 aliphatic heterocycles. The van der Waals surface area contributed by atoms with Crippen LogP contribution in [0.2, 0.25) is 6.55 Å². The van der Waals surface area contributed by atoms with E-state index >= 15 is 0 Å². The zero-order valence-electron chi connectivity index (χ0n) is 17.3. The molecule has 0 bridgehead atoms. The van der Waals surface area contributed by atoms with Crippen molar-refractivity contribution in [3.8, 4) is 0 Å². The largest absolute Gasteiger partial charge is 0.378 e. The lowest BCUT2D eigenvalue weighted by Gasteiger charge is -2.36. The molecule has 0 amide bonds. The van der Waals surface area contributed by atoms with E-state index in [4.69, 9.17) is 0 Å². The summed E-state index contributed by atoms with van der Waals surface area (Å²) < 4.78 is 0. The van der Waals surface area contributed by atoms with Crippen molar-refractivity contribution >= 4 is 18.9 Å². The van der Waals surface area contributed by atoms with Gasteiger partial charge in [0.05, 0.1) is 0 Å². The van der Waals surface area contributed by atoms with E-state index in [1.165, 1.54) is 22.0 Å². The highest BCUT2D eigenvalue weighted by atomic mass is 28.3. The number of benzene rings is 1. The molecule has 0 spiro atoms. The molecule has 0 saturated heterocycles. The van der Waals surface area contributed by atoms with Crippen LogP contribution in [0.15, 0.2) is 119 Å². The van der Waals surface area contributed by atoms with Crippen LogP contribution in [0.4, 0.5) is 5.69 Å². The van der Waals surface area contributed by atoms with Crippen LogP contribution in [0.3, 0.4) is 0 Å². The maximum absolute atomic E-state index is 2.55. The number of hydrogen-bond donors (Lipinski definition) is 0. The molecule has 0 heterocycles. The molecule has 4 aliphatic carbocycles. The van der Waals surface area contributed by atoms with Gasteiger partial charge in [0.15, 0.2) is 0 Å². The molecule has 0 aromatic heterocycles. The fraction of sp³-hybridized carbons (Fsp3) is 0.185. The Hall–Kier alpha value is -2.84. The van der Waals surface area contributed by atoms with Crippen LogP contribution in [-0.2, 0) is 0 Å². The highest BCUT2D eigenvalue weighted by Gasteiger charge is 2.44. The SMILES string of the molecule is CN(C)c1ccccc1[Si](C)(C1=C2C=CC=CC2C=C1)C1=C2C=CC=CC2C=C1. The Morgan fingerprint density at radius 1 is 0.690 bits per heavy atom. The zero-order valence-corrected chi connectivity index (χ0v) is 18.3. The lowest BCUT2D eigenvalue weighted by atomic mass is 9.98. The standard InChI is InChI=1S/C27H27NSi/c1-28(2)24-14-8-9-15-27(24)29(3,25-18-16-20-10-4-6-12-22(20)25)26-19-17-21-11-5-7-13-23(21)26/h4-21H,1-3H3. The molecule has 2 atom stereocenters. The lowest BCUT2D eigenvalue weighted by Crippen LogP contribution is -2.51. The van der Waals surface area contributed by atoms with Crippen LogP contribution >= 0.6 is 0 Å². The molecular weight excluding hydrogens is 366 g/mol. The van der Waals surface area contributed by atoms with Gasteiger partial charge < -0.3 is 4.90 Å². The topological polar surface area (TPSA) is 3.24 Å². The number of fused-ring (bicyclic) bond motifs is 2. The number of allylic oxidation sites excluding steroid dienone is 16. The molecule has 1 nitrogen and oxygen atoms in total. The summed E-state index contributed by atoms with van der Waals surface area (Å²) in [7, 11) is 2.12. The van der Waals surface area contributed by atoms with E-state index in [2.05, 4.69) is 123 Å². The predicted molar refractivity (Wildman–Crippen MR) is 128 cm³/mol. The molecule has 0 fully saturated rings. The van der Waals surface area contributed by atoms with E-state index in [9.17, 15) is 0 Å². The number of rotatable bonds is 4. The van der Waals surface area contributed by atoms with Crippen LogP contribution in [0, 0.1) is 11.8 Å². The van der Waals surface area contributed by atoms with Crippen molar-refractivity contribution in [2.24, 2.45) is 11.8 Å². The van der Waals surface area contributed by atoms with Crippen LogP contribution in [0.25, 0.3) is 0 Å². The quantitative estimate of drug-likeness (QED) is 0.625. The highest BCUT2D eigenvalue weighted by molar-refractivity contribution is 7.04. The van der Waals surface area contributed by atoms with Gasteiger partial charge in [-0.1, -0.05) is 97.7 Å². The van der Waals surface area contributed by atoms with Gasteiger partial charge in [-0.2, -0.15) is 0 Å². The second kappa shape index (κ2) is 6.89. The average molecular weight is 394 g/mol. The average Bonchev–Trinajstić information content (AvgIpc) is 3.38. The van der Waals surface area contributed by atoms with E-state index in [1.807, 2.05) is 0 Å².